The minimum atomic E-state index is 0. The van der Waals surface area contributed by atoms with Gasteiger partial charge in [0.2, 0.25) is 0 Å². The Hall–Kier alpha value is 0.840. The van der Waals surface area contributed by atoms with E-state index in [0.717, 1.165) is 36.5 Å². The van der Waals surface area contributed by atoms with E-state index in [1.807, 2.05) is 0 Å². The number of hydrogen-bond acceptors (Lipinski definition) is 0. The molecule has 0 aliphatic rings. The molecular formula is C9H24F3S3. The van der Waals surface area contributed by atoms with Crippen molar-refractivity contribution >= 4 is 37.9 Å². The molecular weight excluding hydrogens is 261 g/mol. The van der Waals surface area contributed by atoms with Gasteiger partial charge in [-0.15, -0.1) is 0 Å². The number of halogens is 3. The Kier molecular flexibility index (Phi) is 146. The molecule has 6 heteroatoms. The topological polar surface area (TPSA) is 0 Å². The van der Waals surface area contributed by atoms with Crippen LogP contribution in [0.25, 0.3) is 0 Å². The first-order valence-corrected chi connectivity index (χ1v) is 6.22. The van der Waals surface area contributed by atoms with Gasteiger partial charge in [0.15, 0.2) is 0 Å². The Labute approximate surface area is 109 Å². The fourth-order valence-corrected chi connectivity index (χ4v) is 0. The van der Waals surface area contributed by atoms with Gasteiger partial charge in [-0.3, -0.25) is 14.1 Å². The van der Waals surface area contributed by atoms with Crippen LogP contribution in [0.2, 0.25) is 0 Å². The van der Waals surface area contributed by atoms with Crippen LogP contribution in [-0.4, -0.2) is 17.3 Å². The second-order valence-corrected chi connectivity index (χ2v) is 3.34. The minimum absolute atomic E-state index is 0. The molecule has 0 aromatic heterocycles. The lowest BCUT2D eigenvalue weighted by atomic mass is 10.6. The quantitative estimate of drug-likeness (QED) is 0.665. The molecule has 0 atom stereocenters. The summed E-state index contributed by atoms with van der Waals surface area (Å²) in [6, 6.07) is 0. The second kappa shape index (κ2) is 60.8. The molecule has 99 valence electrons. The molecule has 0 rings (SSSR count). The van der Waals surface area contributed by atoms with Crippen molar-refractivity contribution < 1.29 is 14.1 Å². The molecule has 3 radical (unpaired) electrons. The number of hydrogen-bond donors (Lipinski definition) is 0. The third kappa shape index (κ3) is 166. The largest absolute Gasteiger partial charge is 0.269 e. The van der Waals surface area contributed by atoms with Crippen LogP contribution in [0, 0.1) is 0 Å². The first-order valence-electron chi connectivity index (χ1n) is 4.49. The summed E-state index contributed by atoms with van der Waals surface area (Å²) in [5, 5.41) is 0. The van der Waals surface area contributed by atoms with Crippen LogP contribution < -0.4 is 0 Å². The monoisotopic (exact) mass is 285 g/mol. The van der Waals surface area contributed by atoms with E-state index in [1.165, 1.54) is 0 Å². The van der Waals surface area contributed by atoms with Crippen molar-refractivity contribution in [3.63, 3.8) is 0 Å². The molecule has 0 unspecified atom stereocenters. The predicted molar refractivity (Wildman–Crippen MR) is 75.8 cm³/mol. The van der Waals surface area contributed by atoms with E-state index in [1.54, 1.807) is 0 Å². The Morgan fingerprint density at radius 1 is 0.533 bits per heavy atom. The maximum atomic E-state index is 4.55. The van der Waals surface area contributed by atoms with E-state index in [2.05, 4.69) is 58.7 Å². The lowest BCUT2D eigenvalue weighted by Crippen LogP contribution is -1.56. The molecule has 0 heterocycles. The highest BCUT2D eigenvalue weighted by Gasteiger charge is 1.59. The van der Waals surface area contributed by atoms with E-state index in [4.69, 9.17) is 0 Å². The average molecular weight is 285 g/mol. The standard InChI is InChI=1S/3C3H7S.3FH/c3*1-2-3-4;;;/h3*2-3H2,1H3;3*1H. The maximum absolute atomic E-state index is 4.55. The Balaban J connectivity index is -0.0000000184. The first kappa shape index (κ1) is 36.0. The van der Waals surface area contributed by atoms with Gasteiger partial charge in [0, 0.05) is 17.3 Å². The van der Waals surface area contributed by atoms with Crippen molar-refractivity contribution in [3.8, 4) is 0 Å². The van der Waals surface area contributed by atoms with Crippen LogP contribution in [0.15, 0.2) is 0 Å². The zero-order valence-corrected chi connectivity index (χ0v) is 12.1. The van der Waals surface area contributed by atoms with Crippen LogP contribution in [0.4, 0.5) is 14.1 Å². The highest BCUT2D eigenvalue weighted by molar-refractivity contribution is 7.80. The smallest absolute Gasteiger partial charge is 0.00343 e. The molecule has 0 spiro atoms. The molecule has 0 aromatic carbocycles. The van der Waals surface area contributed by atoms with Gasteiger partial charge in [-0.05, 0) is 19.3 Å². The van der Waals surface area contributed by atoms with Gasteiger partial charge in [-0.2, -0.15) is 0 Å². The fraction of sp³-hybridized carbons (Fsp3) is 1.00. The summed E-state index contributed by atoms with van der Waals surface area (Å²) >= 11 is 13.7. The summed E-state index contributed by atoms with van der Waals surface area (Å²) in [5.74, 6) is 2.71. The van der Waals surface area contributed by atoms with E-state index >= 15 is 0 Å². The summed E-state index contributed by atoms with van der Waals surface area (Å²) < 4.78 is 0. The Morgan fingerprint density at radius 2 is 0.600 bits per heavy atom. The summed E-state index contributed by atoms with van der Waals surface area (Å²) in [6.07, 6.45) is 3.40. The van der Waals surface area contributed by atoms with Gasteiger partial charge in [0.1, 0.15) is 0 Å². The highest BCUT2D eigenvalue weighted by Crippen LogP contribution is 1.75. The molecule has 0 N–H and O–H groups in total. The van der Waals surface area contributed by atoms with Crippen molar-refractivity contribution in [1.29, 1.82) is 0 Å². The van der Waals surface area contributed by atoms with Crippen LogP contribution in [-0.2, 0) is 0 Å². The molecule has 0 saturated carbocycles. The Bertz CT molecular complexity index is 36.1. The van der Waals surface area contributed by atoms with Gasteiger partial charge < -0.3 is 0 Å². The van der Waals surface area contributed by atoms with Gasteiger partial charge in [0.05, 0.1) is 0 Å². The maximum Gasteiger partial charge on any atom is 0.00343 e. The van der Waals surface area contributed by atoms with Gasteiger partial charge in [-0.1, -0.05) is 58.7 Å². The van der Waals surface area contributed by atoms with Crippen LogP contribution in [0.5, 0.6) is 0 Å². The van der Waals surface area contributed by atoms with Crippen molar-refractivity contribution in [3.05, 3.63) is 0 Å². The molecule has 0 aliphatic carbocycles. The molecule has 15 heavy (non-hydrogen) atoms. The molecule has 0 fully saturated rings. The molecule has 0 amide bonds. The lowest BCUT2D eigenvalue weighted by Gasteiger charge is -1.66. The van der Waals surface area contributed by atoms with Gasteiger partial charge in [-0.25, -0.2) is 0 Å². The second-order valence-electron chi connectivity index (χ2n) is 2.11. The van der Waals surface area contributed by atoms with E-state index < -0.39 is 0 Å². The van der Waals surface area contributed by atoms with Crippen molar-refractivity contribution in [2.45, 2.75) is 40.0 Å². The molecule has 0 saturated heterocycles. The summed E-state index contributed by atoms with van der Waals surface area (Å²) in [5.41, 5.74) is 0. The third-order valence-corrected chi connectivity index (χ3v) is 1.84. The van der Waals surface area contributed by atoms with Crippen LogP contribution >= 0.6 is 37.9 Å². The average Bonchev–Trinajstić information content (AvgIpc) is 2.18. The van der Waals surface area contributed by atoms with E-state index in [-0.39, 0.29) is 14.1 Å². The normalized spacial score (nSPS) is 6.00. The fourth-order valence-electron chi connectivity index (χ4n) is 0. The molecule has 0 aromatic rings. The third-order valence-electron chi connectivity index (χ3n) is 0.612. The van der Waals surface area contributed by atoms with Crippen molar-refractivity contribution in [2.75, 3.05) is 17.3 Å². The SMILES string of the molecule is CCC[S].CCC[S].CCC[S].F.F.F. The van der Waals surface area contributed by atoms with Gasteiger partial charge in [0.25, 0.3) is 0 Å². The molecule has 0 aliphatic heterocycles. The summed E-state index contributed by atoms with van der Waals surface area (Å²) in [6.45, 7) is 6.23. The zero-order valence-electron chi connectivity index (χ0n) is 9.69. The van der Waals surface area contributed by atoms with Gasteiger partial charge >= 0.3 is 0 Å². The number of rotatable bonds is 3. The minimum Gasteiger partial charge on any atom is -0.269 e. The first-order chi connectivity index (χ1) is 5.74. The molecule has 0 bridgehead atoms. The predicted octanol–water partition coefficient (Wildman–Crippen LogP) is 5.24. The van der Waals surface area contributed by atoms with Crippen LogP contribution in [0.3, 0.4) is 0 Å². The lowest BCUT2D eigenvalue weighted by molar-refractivity contribution is 1.11. The van der Waals surface area contributed by atoms with E-state index in [9.17, 15) is 0 Å². The Morgan fingerprint density at radius 3 is 0.600 bits per heavy atom. The van der Waals surface area contributed by atoms with Crippen molar-refractivity contribution in [2.24, 2.45) is 0 Å². The molecule has 0 nitrogen and oxygen atoms in total. The highest BCUT2D eigenvalue weighted by atomic mass is 32.1. The van der Waals surface area contributed by atoms with Crippen LogP contribution in [0.1, 0.15) is 40.0 Å². The van der Waals surface area contributed by atoms with E-state index in [0.29, 0.717) is 0 Å². The summed E-state index contributed by atoms with van der Waals surface area (Å²) in [7, 11) is 0. The van der Waals surface area contributed by atoms with Crippen molar-refractivity contribution in [1.82, 2.24) is 0 Å². The summed E-state index contributed by atoms with van der Waals surface area (Å²) in [4.78, 5) is 0. The zero-order chi connectivity index (χ0) is 10.2.